The van der Waals surface area contributed by atoms with E-state index in [4.69, 9.17) is 4.74 Å². The van der Waals surface area contributed by atoms with E-state index in [1.165, 1.54) is 19.2 Å². The standard InChI is InChI=1S/C19H24N2O4S2/c1-5-10-21(13-16-7-6-11-26-16)19(22)15-8-9-17(25-4)18(12-15)27(23,24)20-14(2)3/h5-9,11-12,14,20H,1,10,13H2,2-4H3. The molecule has 0 unspecified atom stereocenters. The zero-order chi connectivity index (χ0) is 20.0. The van der Waals surface area contributed by atoms with Crippen LogP contribution in [-0.2, 0) is 16.6 Å². The van der Waals surface area contributed by atoms with Gasteiger partial charge in [-0.1, -0.05) is 12.1 Å². The van der Waals surface area contributed by atoms with Gasteiger partial charge in [0.25, 0.3) is 5.91 Å². The average Bonchev–Trinajstić information content (AvgIpc) is 3.12. The van der Waals surface area contributed by atoms with Gasteiger partial charge < -0.3 is 9.64 Å². The van der Waals surface area contributed by atoms with Crippen LogP contribution in [0.5, 0.6) is 5.75 Å². The lowest BCUT2D eigenvalue weighted by atomic mass is 10.2. The van der Waals surface area contributed by atoms with Crippen molar-refractivity contribution in [2.75, 3.05) is 13.7 Å². The van der Waals surface area contributed by atoms with Crippen LogP contribution in [0.25, 0.3) is 0 Å². The summed E-state index contributed by atoms with van der Waals surface area (Å²) in [6.45, 7) is 7.95. The maximum absolute atomic E-state index is 13.0. The second kappa shape index (κ2) is 9.16. The molecule has 2 rings (SSSR count). The Morgan fingerprint density at radius 1 is 1.37 bits per heavy atom. The van der Waals surface area contributed by atoms with Crippen molar-refractivity contribution in [1.82, 2.24) is 9.62 Å². The number of hydrogen-bond acceptors (Lipinski definition) is 5. The minimum Gasteiger partial charge on any atom is -0.495 e. The third-order valence-corrected chi connectivity index (χ3v) is 6.20. The predicted molar refractivity (Wildman–Crippen MR) is 108 cm³/mol. The van der Waals surface area contributed by atoms with E-state index < -0.39 is 10.0 Å². The molecule has 0 saturated heterocycles. The van der Waals surface area contributed by atoms with Gasteiger partial charge in [0.1, 0.15) is 10.6 Å². The van der Waals surface area contributed by atoms with E-state index in [-0.39, 0.29) is 28.2 Å². The van der Waals surface area contributed by atoms with Crippen molar-refractivity contribution in [1.29, 1.82) is 0 Å². The molecule has 146 valence electrons. The normalized spacial score (nSPS) is 11.4. The minimum atomic E-state index is -3.81. The summed E-state index contributed by atoms with van der Waals surface area (Å²) in [5.74, 6) is -0.0832. The molecule has 0 spiro atoms. The fourth-order valence-electron chi connectivity index (χ4n) is 2.54. The van der Waals surface area contributed by atoms with Crippen LogP contribution >= 0.6 is 11.3 Å². The lowest BCUT2D eigenvalue weighted by Crippen LogP contribution is -2.32. The van der Waals surface area contributed by atoms with E-state index in [0.717, 1.165) is 4.88 Å². The third kappa shape index (κ3) is 5.41. The molecule has 0 atom stereocenters. The van der Waals surface area contributed by atoms with Crippen LogP contribution in [0.4, 0.5) is 0 Å². The molecule has 2 aromatic rings. The van der Waals surface area contributed by atoms with Gasteiger partial charge in [0, 0.05) is 23.0 Å². The van der Waals surface area contributed by atoms with Crippen LogP contribution in [0, 0.1) is 0 Å². The first-order valence-corrected chi connectivity index (χ1v) is 10.8. The summed E-state index contributed by atoms with van der Waals surface area (Å²) in [7, 11) is -2.42. The maximum atomic E-state index is 13.0. The van der Waals surface area contributed by atoms with Crippen LogP contribution in [0.2, 0.25) is 0 Å². The van der Waals surface area contributed by atoms with Crippen molar-refractivity contribution in [3.63, 3.8) is 0 Å². The molecule has 1 N–H and O–H groups in total. The molecule has 0 aliphatic rings. The van der Waals surface area contributed by atoms with Gasteiger partial charge in [-0.2, -0.15) is 0 Å². The van der Waals surface area contributed by atoms with Crippen molar-refractivity contribution in [2.24, 2.45) is 0 Å². The van der Waals surface area contributed by atoms with Crippen LogP contribution in [0.3, 0.4) is 0 Å². The van der Waals surface area contributed by atoms with Crippen LogP contribution < -0.4 is 9.46 Å². The number of methoxy groups -OCH3 is 1. The summed E-state index contributed by atoms with van der Waals surface area (Å²) >= 11 is 1.56. The van der Waals surface area contributed by atoms with Gasteiger partial charge in [-0.25, -0.2) is 13.1 Å². The number of nitrogens with one attached hydrogen (secondary N) is 1. The fourth-order valence-corrected chi connectivity index (χ4v) is 4.71. The van der Waals surface area contributed by atoms with E-state index in [0.29, 0.717) is 13.1 Å². The van der Waals surface area contributed by atoms with Crippen molar-refractivity contribution < 1.29 is 17.9 Å². The first-order chi connectivity index (χ1) is 12.8. The number of carbonyl (C=O) groups excluding carboxylic acids is 1. The zero-order valence-corrected chi connectivity index (χ0v) is 17.3. The van der Waals surface area contributed by atoms with Crippen molar-refractivity contribution in [2.45, 2.75) is 31.3 Å². The molecular weight excluding hydrogens is 384 g/mol. The Labute approximate surface area is 164 Å². The van der Waals surface area contributed by atoms with Gasteiger partial charge in [0.2, 0.25) is 10.0 Å². The number of ether oxygens (including phenoxy) is 1. The minimum absolute atomic E-state index is 0.0563. The molecule has 0 fully saturated rings. The highest BCUT2D eigenvalue weighted by Crippen LogP contribution is 2.26. The number of carbonyl (C=O) groups is 1. The summed E-state index contributed by atoms with van der Waals surface area (Å²) in [4.78, 5) is 15.6. The van der Waals surface area contributed by atoms with E-state index >= 15 is 0 Å². The van der Waals surface area contributed by atoms with E-state index in [9.17, 15) is 13.2 Å². The number of hydrogen-bond donors (Lipinski definition) is 1. The monoisotopic (exact) mass is 408 g/mol. The first-order valence-electron chi connectivity index (χ1n) is 8.41. The molecule has 1 amide bonds. The maximum Gasteiger partial charge on any atom is 0.254 e. The second-order valence-electron chi connectivity index (χ2n) is 6.20. The van der Waals surface area contributed by atoms with Crippen LogP contribution in [0.1, 0.15) is 29.1 Å². The molecule has 1 aromatic heterocycles. The number of rotatable bonds is 9. The number of thiophene rings is 1. The molecule has 0 radical (unpaired) electrons. The van der Waals surface area contributed by atoms with Gasteiger partial charge in [-0.3, -0.25) is 4.79 Å². The Kier molecular flexibility index (Phi) is 7.18. The van der Waals surface area contributed by atoms with Crippen LogP contribution in [-0.4, -0.2) is 38.9 Å². The van der Waals surface area contributed by atoms with Crippen molar-refractivity contribution in [3.05, 3.63) is 58.8 Å². The Bertz CT molecular complexity index is 890. The largest absolute Gasteiger partial charge is 0.495 e. The summed E-state index contributed by atoms with van der Waals surface area (Å²) in [5.41, 5.74) is 0.276. The molecule has 0 aliphatic carbocycles. The van der Waals surface area contributed by atoms with Gasteiger partial charge in [0.05, 0.1) is 13.7 Å². The lowest BCUT2D eigenvalue weighted by molar-refractivity contribution is 0.0764. The number of amides is 1. The lowest BCUT2D eigenvalue weighted by Gasteiger charge is -2.21. The van der Waals surface area contributed by atoms with Gasteiger partial charge in [0.15, 0.2) is 0 Å². The Hall–Kier alpha value is -2.16. The molecule has 0 bridgehead atoms. The Morgan fingerprint density at radius 3 is 2.67 bits per heavy atom. The summed E-state index contributed by atoms with van der Waals surface area (Å²) in [6, 6.07) is 8.02. The number of benzene rings is 1. The van der Waals surface area contributed by atoms with E-state index in [2.05, 4.69) is 11.3 Å². The summed E-state index contributed by atoms with van der Waals surface area (Å²) < 4.78 is 32.9. The van der Waals surface area contributed by atoms with E-state index in [1.54, 1.807) is 42.2 Å². The number of sulfonamides is 1. The highest BCUT2D eigenvalue weighted by Gasteiger charge is 2.24. The van der Waals surface area contributed by atoms with Crippen molar-refractivity contribution in [3.8, 4) is 5.75 Å². The molecular formula is C19H24N2O4S2. The average molecular weight is 409 g/mol. The molecule has 6 nitrogen and oxygen atoms in total. The molecule has 8 heteroatoms. The molecule has 1 heterocycles. The number of nitrogens with zero attached hydrogens (tertiary/aromatic N) is 1. The molecule has 0 aliphatic heterocycles. The van der Waals surface area contributed by atoms with Gasteiger partial charge in [-0.05, 0) is 43.5 Å². The zero-order valence-electron chi connectivity index (χ0n) is 15.6. The fraction of sp³-hybridized carbons (Fsp3) is 0.316. The molecule has 0 saturated carbocycles. The quantitative estimate of drug-likeness (QED) is 0.646. The topological polar surface area (TPSA) is 75.7 Å². The highest BCUT2D eigenvalue weighted by atomic mass is 32.2. The SMILES string of the molecule is C=CCN(Cc1cccs1)C(=O)c1ccc(OC)c(S(=O)(=O)NC(C)C)c1. The smallest absolute Gasteiger partial charge is 0.254 e. The molecule has 1 aromatic carbocycles. The Morgan fingerprint density at radius 2 is 2.11 bits per heavy atom. The van der Waals surface area contributed by atoms with Crippen molar-refractivity contribution >= 4 is 27.3 Å². The second-order valence-corrected chi connectivity index (χ2v) is 8.91. The first kappa shape index (κ1) is 21.1. The van der Waals surface area contributed by atoms with Crippen LogP contribution in [0.15, 0.2) is 53.3 Å². The third-order valence-electron chi connectivity index (χ3n) is 3.65. The summed E-state index contributed by atoms with van der Waals surface area (Å²) in [5, 5.41) is 1.95. The van der Waals surface area contributed by atoms with Gasteiger partial charge >= 0.3 is 0 Å². The van der Waals surface area contributed by atoms with E-state index in [1.807, 2.05) is 17.5 Å². The highest BCUT2D eigenvalue weighted by molar-refractivity contribution is 7.89. The summed E-state index contributed by atoms with van der Waals surface area (Å²) in [6.07, 6.45) is 1.65. The van der Waals surface area contributed by atoms with Gasteiger partial charge in [-0.15, -0.1) is 17.9 Å². The Balaban J connectivity index is 2.40. The predicted octanol–water partition coefficient (Wildman–Crippen LogP) is 3.27. The molecule has 27 heavy (non-hydrogen) atoms.